The number of quaternary nitrogens is 1. The van der Waals surface area contributed by atoms with Gasteiger partial charge in [0.1, 0.15) is 52.7 Å². The van der Waals surface area contributed by atoms with Gasteiger partial charge in [-0.1, -0.05) is 110 Å². The Kier molecular flexibility index (Phi) is 22.0. The van der Waals surface area contributed by atoms with E-state index in [1.54, 1.807) is 4.90 Å². The molecule has 0 atom stereocenters. The van der Waals surface area contributed by atoms with E-state index in [9.17, 15) is 52.7 Å². The predicted octanol–water partition coefficient (Wildman–Crippen LogP) is 12.0. The van der Waals surface area contributed by atoms with Crippen LogP contribution in [0.15, 0.2) is 0 Å². The van der Waals surface area contributed by atoms with Crippen LogP contribution in [0.3, 0.4) is 0 Å². The van der Waals surface area contributed by atoms with Crippen LogP contribution in [0.5, 0.6) is 0 Å². The summed E-state index contributed by atoms with van der Waals surface area (Å²) in [6, 6.07) is 0. The van der Waals surface area contributed by atoms with Gasteiger partial charge in [-0.15, -0.1) is 21.9 Å². The minimum atomic E-state index is -7.22. The second-order valence-electron chi connectivity index (χ2n) is 16.8. The molecule has 0 aliphatic rings. The topological polar surface area (TPSA) is 4.44 Å². The molecule has 0 bridgehead atoms. The Morgan fingerprint density at radius 3 is 0.544 bits per heavy atom. The predicted molar refractivity (Wildman–Crippen MR) is 216 cm³/mol. The van der Waals surface area contributed by atoms with Gasteiger partial charge in [-0.2, -0.15) is 0 Å². The molecule has 4 rings (SSSR count). The van der Waals surface area contributed by atoms with Crippen LogP contribution in [0.2, 0.25) is 0 Å². The highest BCUT2D eigenvalue weighted by atomic mass is 19.2. The SMILES string of the molecule is CCCCCCCCCCCCCCCCCCCC[NH+](C)C.Fc1c(F)c(F)c([B-](c2c(F)c(F)c(F)c(F)c2F)(c2c(F)c(F)c(F)c(F)c2F)c2c(F)c(F)c(F)c(F)c2F)c(F)c1F. The fourth-order valence-corrected chi connectivity index (χ4v) is 8.25. The molecule has 0 radical (unpaired) electrons. The maximum atomic E-state index is 15.4. The van der Waals surface area contributed by atoms with Crippen molar-refractivity contribution in [1.29, 1.82) is 0 Å². The van der Waals surface area contributed by atoms with Gasteiger partial charge in [-0.25, -0.2) is 87.8 Å². The second-order valence-corrected chi connectivity index (χ2v) is 16.8. The number of unbranched alkanes of at least 4 members (excludes halogenated alkanes) is 17. The molecule has 380 valence electrons. The highest BCUT2D eigenvalue weighted by Crippen LogP contribution is 2.31. The van der Waals surface area contributed by atoms with Gasteiger partial charge in [-0.05, 0) is 12.8 Å². The summed E-state index contributed by atoms with van der Waals surface area (Å²) in [6.07, 6.45) is 19.2. The molecule has 0 heterocycles. The third kappa shape index (κ3) is 12.3. The fraction of sp³-hybridized carbons (Fsp3) is 0.478. The van der Waals surface area contributed by atoms with E-state index in [-0.39, 0.29) is 0 Å². The molecular formula is C46H48BF20N. The van der Waals surface area contributed by atoms with Crippen LogP contribution in [-0.4, -0.2) is 26.8 Å². The first-order chi connectivity index (χ1) is 32.0. The molecule has 0 spiro atoms. The Labute approximate surface area is 379 Å². The number of rotatable bonds is 23. The number of hydrogen-bond donors (Lipinski definition) is 1. The van der Waals surface area contributed by atoms with E-state index in [4.69, 9.17) is 0 Å². The van der Waals surface area contributed by atoms with E-state index < -0.39 is 144 Å². The van der Waals surface area contributed by atoms with E-state index in [0.717, 1.165) is 0 Å². The summed E-state index contributed by atoms with van der Waals surface area (Å²) in [5.41, 5.74) is -14.3. The Balaban J connectivity index is 0.000000451. The molecular weight excluding hydrogens is 957 g/mol. The summed E-state index contributed by atoms with van der Waals surface area (Å²) in [6.45, 7) is 3.64. The average Bonchev–Trinajstić information content (AvgIpc) is 3.31. The molecule has 68 heavy (non-hydrogen) atoms. The Morgan fingerprint density at radius 1 is 0.235 bits per heavy atom. The molecule has 1 nitrogen and oxygen atoms in total. The monoisotopic (exact) mass is 1010 g/mol. The molecule has 0 aliphatic heterocycles. The smallest absolute Gasteiger partial charge is 0.200 e. The summed E-state index contributed by atoms with van der Waals surface area (Å²) in [4.78, 5) is 1.60. The summed E-state index contributed by atoms with van der Waals surface area (Å²) in [5, 5.41) is 0. The summed E-state index contributed by atoms with van der Waals surface area (Å²) in [5.74, 6) is -71.4. The van der Waals surface area contributed by atoms with E-state index in [2.05, 4.69) is 21.0 Å². The second kappa shape index (κ2) is 25.9. The lowest BCUT2D eigenvalue weighted by Gasteiger charge is -2.44. The van der Waals surface area contributed by atoms with Crippen LogP contribution in [0, 0.1) is 116 Å². The van der Waals surface area contributed by atoms with Gasteiger partial charge in [0.25, 0.3) is 0 Å². The zero-order valence-corrected chi connectivity index (χ0v) is 37.1. The molecule has 4 aromatic carbocycles. The highest BCUT2D eigenvalue weighted by Gasteiger charge is 2.52. The van der Waals surface area contributed by atoms with Crippen molar-refractivity contribution in [2.75, 3.05) is 20.6 Å². The molecule has 22 heteroatoms. The lowest BCUT2D eigenvalue weighted by molar-refractivity contribution is -0.858. The van der Waals surface area contributed by atoms with Crippen LogP contribution in [0.4, 0.5) is 87.8 Å². The molecule has 1 N–H and O–H groups in total. The van der Waals surface area contributed by atoms with Crippen molar-refractivity contribution in [3.8, 4) is 0 Å². The number of nitrogens with one attached hydrogen (secondary N) is 1. The van der Waals surface area contributed by atoms with Crippen molar-refractivity contribution in [2.45, 2.75) is 122 Å². The molecule has 0 fully saturated rings. The van der Waals surface area contributed by atoms with Crippen molar-refractivity contribution in [1.82, 2.24) is 0 Å². The van der Waals surface area contributed by atoms with Gasteiger partial charge in [0.2, 0.25) is 0 Å². The maximum Gasteiger partial charge on any atom is 0.200 e. The normalized spacial score (nSPS) is 11.8. The minimum absolute atomic E-state index is 1.35. The van der Waals surface area contributed by atoms with Crippen molar-refractivity contribution < 1.29 is 92.7 Å². The molecule has 0 aliphatic carbocycles. The van der Waals surface area contributed by atoms with Crippen molar-refractivity contribution in [3.63, 3.8) is 0 Å². The zero-order valence-electron chi connectivity index (χ0n) is 37.1. The third-order valence-corrected chi connectivity index (χ3v) is 11.7. The van der Waals surface area contributed by atoms with Gasteiger partial charge in [0.05, 0.1) is 20.6 Å². The molecule has 0 unspecified atom stereocenters. The molecule has 0 saturated heterocycles. The fourth-order valence-electron chi connectivity index (χ4n) is 8.25. The van der Waals surface area contributed by atoms with Gasteiger partial charge in [0.15, 0.2) is 69.8 Å². The van der Waals surface area contributed by atoms with Crippen LogP contribution < -0.4 is 26.8 Å². The van der Waals surface area contributed by atoms with Gasteiger partial charge in [-0.3, -0.25) is 0 Å². The summed E-state index contributed by atoms with van der Waals surface area (Å²) in [7, 11) is 4.52. The van der Waals surface area contributed by atoms with E-state index in [1.165, 1.54) is 122 Å². The Bertz CT molecular complexity index is 1970. The lowest BCUT2D eigenvalue weighted by atomic mass is 9.12. The number of hydrogen-bond acceptors (Lipinski definition) is 0. The summed E-state index contributed by atoms with van der Waals surface area (Å²) < 4.78 is 294. The van der Waals surface area contributed by atoms with Gasteiger partial charge in [0, 0.05) is 0 Å². The molecule has 0 amide bonds. The van der Waals surface area contributed by atoms with E-state index in [1.807, 2.05) is 0 Å². The van der Waals surface area contributed by atoms with Crippen molar-refractivity contribution in [3.05, 3.63) is 116 Å². The van der Waals surface area contributed by atoms with Crippen LogP contribution in [-0.2, 0) is 0 Å². The zero-order chi connectivity index (χ0) is 51.4. The first-order valence-corrected chi connectivity index (χ1v) is 22.0. The first-order valence-electron chi connectivity index (χ1n) is 22.0. The van der Waals surface area contributed by atoms with Gasteiger partial charge >= 0.3 is 0 Å². The van der Waals surface area contributed by atoms with Crippen LogP contribution >= 0.6 is 0 Å². The van der Waals surface area contributed by atoms with Gasteiger partial charge < -0.3 is 4.90 Å². The summed E-state index contributed by atoms with van der Waals surface area (Å²) >= 11 is 0. The van der Waals surface area contributed by atoms with E-state index in [0.29, 0.717) is 0 Å². The van der Waals surface area contributed by atoms with Crippen LogP contribution in [0.1, 0.15) is 122 Å². The highest BCUT2D eigenvalue weighted by molar-refractivity contribution is 7.20. The first kappa shape index (κ1) is 57.8. The molecule has 0 aromatic heterocycles. The maximum absolute atomic E-state index is 15.4. The van der Waals surface area contributed by atoms with Crippen LogP contribution in [0.25, 0.3) is 0 Å². The quantitative estimate of drug-likeness (QED) is 0.0248. The lowest BCUT2D eigenvalue weighted by Crippen LogP contribution is -3.05. The largest absolute Gasteiger partial charge is 0.340 e. The third-order valence-electron chi connectivity index (χ3n) is 11.7. The van der Waals surface area contributed by atoms with Crippen molar-refractivity contribution in [2.24, 2.45) is 0 Å². The average molecular weight is 1010 g/mol. The van der Waals surface area contributed by atoms with Crippen molar-refractivity contribution >= 4 is 28.0 Å². The number of halogens is 20. The van der Waals surface area contributed by atoms with E-state index >= 15 is 35.1 Å². The number of benzene rings is 4. The molecule has 4 aromatic rings. The standard InChI is InChI=1S/C24BF20.C22H47N/c26-5-1(6(27)14(35)21(42)13(5)34)25(2-7(28)15(36)22(43)16(37)8(2)29,3-9(30)17(38)23(44)18(39)10(3)31)4-11(32)19(40)24(45)20(41)12(4)33;1-4-5-6-7-8-9-10-11-12-13-14-15-16-17-18-19-20-21-22-23(2)3/h;4-22H2,1-3H3/q-1;/p+1. The molecule has 0 saturated carbocycles. The minimum Gasteiger partial charge on any atom is -0.340 e. The Hall–Kier alpha value is -4.50. The Morgan fingerprint density at radius 2 is 0.382 bits per heavy atom.